The van der Waals surface area contributed by atoms with Gasteiger partial charge in [-0.1, -0.05) is 66.7 Å². The Morgan fingerprint density at radius 1 is 0.846 bits per heavy atom. The first-order chi connectivity index (χ1) is 19.0. The quantitative estimate of drug-likeness (QED) is 0.137. The van der Waals surface area contributed by atoms with Crippen LogP contribution in [0.2, 0.25) is 0 Å². The van der Waals surface area contributed by atoms with Crippen molar-refractivity contribution in [2.45, 2.75) is 18.6 Å². The van der Waals surface area contributed by atoms with E-state index in [9.17, 15) is 4.57 Å². The van der Waals surface area contributed by atoms with Gasteiger partial charge in [-0.05, 0) is 48.6 Å². The molecule has 0 radical (unpaired) electrons. The van der Waals surface area contributed by atoms with Crippen molar-refractivity contribution in [3.63, 3.8) is 0 Å². The average Bonchev–Trinajstić information content (AvgIpc) is 2.98. The first-order valence-corrected chi connectivity index (χ1v) is 14.4. The number of guanidine groups is 1. The van der Waals surface area contributed by atoms with Gasteiger partial charge in [0, 0.05) is 31.0 Å². The normalized spacial score (nSPS) is 14.8. The van der Waals surface area contributed by atoms with E-state index in [1.165, 1.54) is 0 Å². The Morgan fingerprint density at radius 2 is 1.33 bits per heavy atom. The summed E-state index contributed by atoms with van der Waals surface area (Å²) < 4.78 is 27.2. The van der Waals surface area contributed by atoms with E-state index in [0.717, 1.165) is 11.1 Å². The summed E-state index contributed by atoms with van der Waals surface area (Å²) in [5.41, 5.74) is 7.61. The second kappa shape index (κ2) is 12.0. The molecule has 0 saturated carbocycles. The van der Waals surface area contributed by atoms with Gasteiger partial charge in [0.05, 0.1) is 0 Å². The van der Waals surface area contributed by atoms with Crippen LogP contribution in [0.15, 0.2) is 103 Å². The summed E-state index contributed by atoms with van der Waals surface area (Å²) in [6.45, 7) is 1.12. The molecule has 2 heterocycles. The van der Waals surface area contributed by atoms with Crippen molar-refractivity contribution in [3.8, 4) is 22.6 Å². The number of nitrogens with zero attached hydrogens (tertiary/aromatic N) is 3. The molecule has 0 amide bonds. The molecule has 1 saturated heterocycles. The smallest absolute Gasteiger partial charge is 0.415 e. The Hall–Kier alpha value is -4.36. The summed E-state index contributed by atoms with van der Waals surface area (Å²) in [6.07, 6.45) is 4.72. The van der Waals surface area contributed by atoms with E-state index in [4.69, 9.17) is 20.2 Å². The third-order valence-corrected chi connectivity index (χ3v) is 8.82. The van der Waals surface area contributed by atoms with Crippen LogP contribution in [-0.4, -0.2) is 39.7 Å². The molecule has 5 rings (SSSR count). The van der Waals surface area contributed by atoms with Gasteiger partial charge in [0.15, 0.2) is 11.7 Å². The number of para-hydroxylation sites is 2. The van der Waals surface area contributed by atoms with Gasteiger partial charge in [0.1, 0.15) is 11.5 Å². The number of nitrogens with two attached hydrogens (primary N) is 1. The predicted molar refractivity (Wildman–Crippen MR) is 153 cm³/mol. The highest BCUT2D eigenvalue weighted by Gasteiger charge is 2.46. The van der Waals surface area contributed by atoms with Crippen LogP contribution in [0.4, 0.5) is 5.95 Å². The maximum Gasteiger partial charge on any atom is 0.453 e. The number of rotatable bonds is 9. The van der Waals surface area contributed by atoms with Crippen molar-refractivity contribution in [3.05, 3.63) is 103 Å². The zero-order valence-electron chi connectivity index (χ0n) is 21.4. The Kier molecular flexibility index (Phi) is 8.08. The molecule has 4 aromatic rings. The van der Waals surface area contributed by atoms with E-state index in [-0.39, 0.29) is 11.9 Å². The fourth-order valence-electron chi connectivity index (χ4n) is 4.61. The highest BCUT2D eigenvalue weighted by Crippen LogP contribution is 2.56. The Morgan fingerprint density at radius 3 is 1.82 bits per heavy atom. The van der Waals surface area contributed by atoms with Gasteiger partial charge in [0.2, 0.25) is 5.95 Å². The van der Waals surface area contributed by atoms with Crippen molar-refractivity contribution < 1.29 is 13.6 Å². The van der Waals surface area contributed by atoms with Crippen LogP contribution in [0.5, 0.6) is 11.5 Å². The Labute approximate surface area is 228 Å². The van der Waals surface area contributed by atoms with Crippen LogP contribution in [-0.2, 0) is 4.57 Å². The minimum absolute atomic E-state index is 0.0297. The monoisotopic (exact) mass is 542 g/mol. The van der Waals surface area contributed by atoms with Crippen LogP contribution >= 0.6 is 7.60 Å². The van der Waals surface area contributed by atoms with E-state index in [0.29, 0.717) is 43.4 Å². The summed E-state index contributed by atoms with van der Waals surface area (Å²) >= 11 is 0. The molecular weight excluding hydrogens is 511 g/mol. The van der Waals surface area contributed by atoms with Crippen LogP contribution < -0.4 is 20.1 Å². The number of piperidine rings is 1. The molecular formula is C29H31N6O3P. The third kappa shape index (κ3) is 6.56. The molecule has 1 unspecified atom stereocenters. The first kappa shape index (κ1) is 26.3. The van der Waals surface area contributed by atoms with Crippen molar-refractivity contribution in [1.82, 2.24) is 14.9 Å². The maximum atomic E-state index is 14.8. The summed E-state index contributed by atoms with van der Waals surface area (Å²) in [6, 6.07) is 27.9. The second-order valence-electron chi connectivity index (χ2n) is 9.31. The summed E-state index contributed by atoms with van der Waals surface area (Å²) in [7, 11) is -3.92. The van der Waals surface area contributed by atoms with Crippen LogP contribution in [0.1, 0.15) is 12.8 Å². The van der Waals surface area contributed by atoms with Crippen LogP contribution in [0, 0.1) is 11.3 Å². The molecule has 3 aromatic carbocycles. The highest BCUT2D eigenvalue weighted by molar-refractivity contribution is 7.55. The Bertz CT molecular complexity index is 1350. The predicted octanol–water partition coefficient (Wildman–Crippen LogP) is 5.84. The summed E-state index contributed by atoms with van der Waals surface area (Å²) in [4.78, 5) is 10.9. The van der Waals surface area contributed by atoms with Gasteiger partial charge in [-0.2, -0.15) is 0 Å². The standard InChI is InChI=1S/C29H31N6O3P/c30-28(31)35-18-16-23(17-19-35)27(34-29-32-20-24(21-33-29)22-10-4-1-5-11-22)39(36,37-25-12-6-2-7-13-25)38-26-14-8-3-9-15-26/h1-15,20-21,23,27H,16-19H2,(H3,30,31)(H,32,33,34). The van der Waals surface area contributed by atoms with Gasteiger partial charge in [-0.25, -0.2) is 14.5 Å². The van der Waals surface area contributed by atoms with E-state index in [1.807, 2.05) is 66.7 Å². The zero-order chi connectivity index (χ0) is 27.1. The van der Waals surface area contributed by atoms with Gasteiger partial charge in [0.25, 0.3) is 0 Å². The molecule has 0 aliphatic carbocycles. The lowest BCUT2D eigenvalue weighted by Gasteiger charge is -2.38. The van der Waals surface area contributed by atoms with Crippen molar-refractivity contribution in [2.75, 3.05) is 18.4 Å². The van der Waals surface area contributed by atoms with Gasteiger partial charge >= 0.3 is 7.60 Å². The Balaban J connectivity index is 1.49. The highest BCUT2D eigenvalue weighted by atomic mass is 31.2. The lowest BCUT2D eigenvalue weighted by atomic mass is 9.96. The number of aromatic nitrogens is 2. The number of likely N-dealkylation sites (tertiary alicyclic amines) is 1. The lowest BCUT2D eigenvalue weighted by molar-refractivity contribution is 0.248. The lowest BCUT2D eigenvalue weighted by Crippen LogP contribution is -2.46. The number of hydrogen-bond acceptors (Lipinski definition) is 7. The molecule has 0 spiro atoms. The largest absolute Gasteiger partial charge is 0.453 e. The number of benzene rings is 3. The number of hydrogen-bond donors (Lipinski definition) is 3. The average molecular weight is 543 g/mol. The number of anilines is 1. The molecule has 10 heteroatoms. The molecule has 200 valence electrons. The SMILES string of the molecule is N=C(N)N1CCC(C(Nc2ncc(-c3ccccc3)cn2)P(=O)(Oc2ccccc2)Oc2ccccc2)CC1. The van der Waals surface area contributed by atoms with Crippen LogP contribution in [0.25, 0.3) is 11.1 Å². The molecule has 4 N–H and O–H groups in total. The molecule has 39 heavy (non-hydrogen) atoms. The fourth-order valence-corrected chi connectivity index (χ4v) is 6.80. The summed E-state index contributed by atoms with van der Waals surface area (Å²) in [5, 5.41) is 11.1. The van der Waals surface area contributed by atoms with E-state index >= 15 is 0 Å². The molecule has 1 aliphatic rings. The fraction of sp³-hybridized carbons (Fsp3) is 0.207. The van der Waals surface area contributed by atoms with Crippen molar-refractivity contribution in [1.29, 1.82) is 5.41 Å². The molecule has 1 aromatic heterocycles. The molecule has 0 bridgehead atoms. The van der Waals surface area contributed by atoms with Crippen molar-refractivity contribution in [2.24, 2.45) is 11.7 Å². The molecule has 9 nitrogen and oxygen atoms in total. The summed E-state index contributed by atoms with van der Waals surface area (Å²) in [5.74, 6) is 0.324. The van der Waals surface area contributed by atoms with E-state index in [1.54, 1.807) is 41.6 Å². The number of nitrogens with one attached hydrogen (secondary N) is 2. The minimum Gasteiger partial charge on any atom is -0.415 e. The van der Waals surface area contributed by atoms with Gasteiger partial charge < -0.3 is 25.0 Å². The first-order valence-electron chi connectivity index (χ1n) is 12.8. The molecule has 1 aliphatic heterocycles. The van der Waals surface area contributed by atoms with E-state index in [2.05, 4.69) is 15.3 Å². The second-order valence-corrected chi connectivity index (χ2v) is 11.3. The molecule has 1 fully saturated rings. The van der Waals surface area contributed by atoms with Gasteiger partial charge in [-0.3, -0.25) is 5.41 Å². The topological polar surface area (TPSA) is 126 Å². The van der Waals surface area contributed by atoms with Crippen LogP contribution in [0.3, 0.4) is 0 Å². The zero-order valence-corrected chi connectivity index (χ0v) is 22.3. The van der Waals surface area contributed by atoms with E-state index < -0.39 is 13.4 Å². The van der Waals surface area contributed by atoms with Crippen molar-refractivity contribution >= 4 is 19.5 Å². The maximum absolute atomic E-state index is 14.8. The van der Waals surface area contributed by atoms with Gasteiger partial charge in [-0.15, -0.1) is 0 Å². The third-order valence-electron chi connectivity index (χ3n) is 6.66. The minimum atomic E-state index is -3.92. The molecule has 1 atom stereocenters.